The topological polar surface area (TPSA) is 63.1 Å². The summed E-state index contributed by atoms with van der Waals surface area (Å²) in [4.78, 5) is 20.2. The summed E-state index contributed by atoms with van der Waals surface area (Å²) in [5, 5.41) is 9.96. The van der Waals surface area contributed by atoms with Gasteiger partial charge < -0.3 is 5.11 Å². The van der Waals surface area contributed by atoms with Crippen LogP contribution in [0.25, 0.3) is 0 Å². The van der Waals surface area contributed by atoms with Gasteiger partial charge in [-0.25, -0.2) is 14.8 Å². The highest BCUT2D eigenvalue weighted by atomic mass is 32.2. The van der Waals surface area contributed by atoms with Crippen LogP contribution < -0.4 is 0 Å². The zero-order valence-corrected chi connectivity index (χ0v) is 12.5. The Morgan fingerprint density at radius 1 is 1.47 bits per heavy atom. The summed E-state index contributed by atoms with van der Waals surface area (Å²) in [5.41, 5.74) is 0.869. The summed E-state index contributed by atoms with van der Waals surface area (Å²) in [7, 11) is 0. The van der Waals surface area contributed by atoms with Gasteiger partial charge in [0.15, 0.2) is 0 Å². The molecule has 1 aromatic rings. The zero-order valence-electron chi connectivity index (χ0n) is 11.6. The summed E-state index contributed by atoms with van der Waals surface area (Å²) in [5.74, 6) is 1.81. The van der Waals surface area contributed by atoms with Crippen molar-refractivity contribution in [2.75, 3.05) is 5.75 Å². The van der Waals surface area contributed by atoms with Gasteiger partial charge in [-0.2, -0.15) is 0 Å². The first kappa shape index (κ1) is 14.3. The molecule has 5 heteroatoms. The fourth-order valence-corrected chi connectivity index (χ4v) is 3.00. The van der Waals surface area contributed by atoms with Gasteiger partial charge in [-0.3, -0.25) is 0 Å². The average molecular weight is 280 g/mol. The maximum absolute atomic E-state index is 11.4. The molecule has 0 aliphatic heterocycles. The molecule has 0 bridgehead atoms. The number of hydrogen-bond donors (Lipinski definition) is 1. The van der Waals surface area contributed by atoms with E-state index in [-0.39, 0.29) is 5.56 Å². The Bertz CT molecular complexity index is 487. The van der Waals surface area contributed by atoms with Crippen LogP contribution in [0, 0.1) is 12.8 Å². The Balaban J connectivity index is 2.28. The quantitative estimate of drug-likeness (QED) is 0.638. The number of thioether (sulfide) groups is 1. The molecular weight excluding hydrogens is 260 g/mol. The average Bonchev–Trinajstić information content (AvgIpc) is 3.18. The Kier molecular flexibility index (Phi) is 4.45. The van der Waals surface area contributed by atoms with Crippen LogP contribution in [0.1, 0.15) is 60.9 Å². The lowest BCUT2D eigenvalue weighted by Crippen LogP contribution is -2.10. The van der Waals surface area contributed by atoms with Gasteiger partial charge in [0.2, 0.25) is 0 Å². The second kappa shape index (κ2) is 5.90. The van der Waals surface area contributed by atoms with Gasteiger partial charge in [0.1, 0.15) is 16.4 Å². The van der Waals surface area contributed by atoms with Crippen LogP contribution in [0.3, 0.4) is 0 Å². The molecule has 2 rings (SSSR count). The molecule has 1 fully saturated rings. The molecular formula is C14H20N2O2S. The molecule has 1 saturated carbocycles. The van der Waals surface area contributed by atoms with E-state index in [0.29, 0.717) is 22.6 Å². The van der Waals surface area contributed by atoms with Gasteiger partial charge in [-0.05, 0) is 25.7 Å². The zero-order chi connectivity index (χ0) is 14.0. The molecule has 0 aromatic carbocycles. The van der Waals surface area contributed by atoms with Crippen LogP contribution >= 0.6 is 11.8 Å². The molecule has 1 unspecified atom stereocenters. The Morgan fingerprint density at radius 3 is 2.68 bits per heavy atom. The van der Waals surface area contributed by atoms with E-state index in [4.69, 9.17) is 0 Å². The minimum absolute atomic E-state index is 0.276. The van der Waals surface area contributed by atoms with Crippen LogP contribution in [0.15, 0.2) is 5.03 Å². The number of rotatable bonds is 6. The first-order chi connectivity index (χ1) is 9.02. The summed E-state index contributed by atoms with van der Waals surface area (Å²) in [6, 6.07) is 0. The number of aryl methyl sites for hydroxylation is 1. The summed E-state index contributed by atoms with van der Waals surface area (Å²) in [6.45, 7) is 6.08. The maximum atomic E-state index is 11.4. The number of aromatic carboxylic acids is 1. The number of hydrogen-bond acceptors (Lipinski definition) is 4. The summed E-state index contributed by atoms with van der Waals surface area (Å²) < 4.78 is 0. The predicted octanol–water partition coefficient (Wildman–Crippen LogP) is 3.50. The molecule has 0 saturated heterocycles. The van der Waals surface area contributed by atoms with Crippen LogP contribution in [0.5, 0.6) is 0 Å². The van der Waals surface area contributed by atoms with E-state index in [1.54, 1.807) is 18.7 Å². The van der Waals surface area contributed by atoms with Crippen LogP contribution in [-0.4, -0.2) is 26.8 Å². The first-order valence-electron chi connectivity index (χ1n) is 6.77. The van der Waals surface area contributed by atoms with E-state index in [9.17, 15) is 9.90 Å². The highest BCUT2D eigenvalue weighted by Gasteiger charge is 2.29. The van der Waals surface area contributed by atoms with Crippen molar-refractivity contribution in [2.24, 2.45) is 5.92 Å². The Morgan fingerprint density at radius 2 is 2.16 bits per heavy atom. The fraction of sp³-hybridized carbons (Fsp3) is 0.643. The molecule has 1 aliphatic rings. The minimum Gasteiger partial charge on any atom is -0.478 e. The molecule has 0 radical (unpaired) electrons. The highest BCUT2D eigenvalue weighted by molar-refractivity contribution is 7.99. The third-order valence-electron chi connectivity index (χ3n) is 3.43. The Hall–Kier alpha value is -1.10. The van der Waals surface area contributed by atoms with Crippen LogP contribution in [0.4, 0.5) is 0 Å². The number of aromatic nitrogens is 2. The summed E-state index contributed by atoms with van der Waals surface area (Å²) in [6.07, 6.45) is 3.34. The third-order valence-corrected chi connectivity index (χ3v) is 4.74. The van der Waals surface area contributed by atoms with Crippen LogP contribution in [-0.2, 0) is 0 Å². The molecule has 1 aliphatic carbocycles. The molecule has 1 heterocycles. The second-order valence-electron chi connectivity index (χ2n) is 5.25. The van der Waals surface area contributed by atoms with Crippen molar-refractivity contribution in [3.8, 4) is 0 Å². The van der Waals surface area contributed by atoms with Crippen molar-refractivity contribution in [1.82, 2.24) is 9.97 Å². The summed E-state index contributed by atoms with van der Waals surface area (Å²) >= 11 is 1.55. The van der Waals surface area contributed by atoms with E-state index in [2.05, 4.69) is 23.8 Å². The molecule has 1 atom stereocenters. The normalized spacial score (nSPS) is 16.4. The Labute approximate surface area is 118 Å². The number of carboxylic acids is 1. The lowest BCUT2D eigenvalue weighted by molar-refractivity contribution is 0.0690. The monoisotopic (exact) mass is 280 g/mol. The van der Waals surface area contributed by atoms with E-state index >= 15 is 0 Å². The minimum atomic E-state index is -0.925. The molecule has 1 aromatic heterocycles. The van der Waals surface area contributed by atoms with Crippen molar-refractivity contribution in [3.63, 3.8) is 0 Å². The van der Waals surface area contributed by atoms with E-state index < -0.39 is 5.97 Å². The van der Waals surface area contributed by atoms with Gasteiger partial charge >= 0.3 is 5.97 Å². The van der Waals surface area contributed by atoms with Crippen LogP contribution in [0.2, 0.25) is 0 Å². The molecule has 0 spiro atoms. The number of carbonyl (C=O) groups is 1. The maximum Gasteiger partial charge on any atom is 0.340 e. The van der Waals surface area contributed by atoms with Gasteiger partial charge in [-0.1, -0.05) is 20.3 Å². The lowest BCUT2D eigenvalue weighted by atomic mass is 10.2. The molecule has 4 nitrogen and oxygen atoms in total. The molecule has 1 N–H and O–H groups in total. The SMILES string of the molecule is CCC(C)CSc1nc(C2CC2)nc(C)c1C(=O)O. The lowest BCUT2D eigenvalue weighted by Gasteiger charge is -2.12. The predicted molar refractivity (Wildman–Crippen MR) is 75.9 cm³/mol. The first-order valence-corrected chi connectivity index (χ1v) is 7.76. The van der Waals surface area contributed by atoms with Crippen molar-refractivity contribution >= 4 is 17.7 Å². The van der Waals surface area contributed by atoms with Crippen molar-refractivity contribution in [1.29, 1.82) is 0 Å². The van der Waals surface area contributed by atoms with Gasteiger partial charge in [0.05, 0.1) is 5.69 Å². The van der Waals surface area contributed by atoms with Crippen molar-refractivity contribution in [3.05, 3.63) is 17.1 Å². The van der Waals surface area contributed by atoms with E-state index in [0.717, 1.165) is 30.8 Å². The molecule has 19 heavy (non-hydrogen) atoms. The van der Waals surface area contributed by atoms with E-state index in [1.807, 2.05) is 0 Å². The molecule has 104 valence electrons. The number of nitrogens with zero attached hydrogens (tertiary/aromatic N) is 2. The molecule has 0 amide bonds. The van der Waals surface area contributed by atoms with Crippen molar-refractivity contribution in [2.45, 2.75) is 51.0 Å². The second-order valence-corrected chi connectivity index (χ2v) is 6.26. The largest absolute Gasteiger partial charge is 0.478 e. The third kappa shape index (κ3) is 3.47. The van der Waals surface area contributed by atoms with Gasteiger partial charge in [-0.15, -0.1) is 11.8 Å². The van der Waals surface area contributed by atoms with E-state index in [1.165, 1.54) is 0 Å². The smallest absolute Gasteiger partial charge is 0.340 e. The van der Waals surface area contributed by atoms with Gasteiger partial charge in [0, 0.05) is 11.7 Å². The fourth-order valence-electron chi connectivity index (χ4n) is 1.78. The highest BCUT2D eigenvalue weighted by Crippen LogP contribution is 2.39. The standard InChI is InChI=1S/C14H20N2O2S/c1-4-8(2)7-19-13-11(14(17)18)9(3)15-12(16-13)10-5-6-10/h8,10H,4-7H2,1-3H3,(H,17,18). The van der Waals surface area contributed by atoms with Gasteiger partial charge in [0.25, 0.3) is 0 Å². The van der Waals surface area contributed by atoms with Crippen molar-refractivity contribution < 1.29 is 9.90 Å². The number of carboxylic acid groups (broad SMARTS) is 1.